The molecule has 2 heterocycles. The van der Waals surface area contributed by atoms with Crippen LogP contribution in [0.1, 0.15) is 11.1 Å². The molecule has 0 radical (unpaired) electrons. The number of aliphatic imine (C=N–C) groups is 2. The largest absolute Gasteiger partial charge is 0.507 e. The molecule has 6 nitrogen and oxygen atoms in total. The van der Waals surface area contributed by atoms with Gasteiger partial charge in [-0.1, -0.05) is 48.5 Å². The average Bonchev–Trinajstić information content (AvgIpc) is 3.44. The number of aromatic hydroxyl groups is 2. The predicted molar refractivity (Wildman–Crippen MR) is 165 cm³/mol. The first-order valence-corrected chi connectivity index (χ1v) is 13.1. The molecule has 0 saturated heterocycles. The quantitative estimate of drug-likeness (QED) is 0.231. The van der Waals surface area contributed by atoms with Gasteiger partial charge in [-0.15, -0.1) is 0 Å². The number of benzene rings is 5. The van der Waals surface area contributed by atoms with E-state index in [0.29, 0.717) is 22.5 Å². The summed E-state index contributed by atoms with van der Waals surface area (Å²) in [7, 11) is 4.05. The van der Waals surface area contributed by atoms with Crippen LogP contribution in [0, 0.1) is 0 Å². The fourth-order valence-electron chi connectivity index (χ4n) is 5.75. The summed E-state index contributed by atoms with van der Waals surface area (Å²) in [4.78, 5) is 9.56. The molecular weight excluding hydrogens is 496 g/mol. The van der Waals surface area contributed by atoms with Gasteiger partial charge < -0.3 is 19.3 Å². The highest BCUT2D eigenvalue weighted by Gasteiger charge is 2.15. The third-order valence-electron chi connectivity index (χ3n) is 7.74. The minimum absolute atomic E-state index is 0.168. The number of aromatic nitrogens is 2. The molecular formula is C34H26N4O2. The second kappa shape index (κ2) is 9.13. The molecule has 0 amide bonds. The maximum Gasteiger partial charge on any atom is 0.125 e. The van der Waals surface area contributed by atoms with Crippen LogP contribution < -0.4 is 0 Å². The van der Waals surface area contributed by atoms with E-state index in [1.807, 2.05) is 74.8 Å². The molecule has 7 rings (SSSR count). The Balaban J connectivity index is 1.34. The molecule has 6 heteroatoms. The fraction of sp³-hybridized carbons (Fsp3) is 0.0588. The molecule has 2 N–H and O–H groups in total. The summed E-state index contributed by atoms with van der Waals surface area (Å²) in [6, 6.07) is 31.2. The van der Waals surface area contributed by atoms with Crippen molar-refractivity contribution in [3.8, 4) is 11.5 Å². The van der Waals surface area contributed by atoms with Gasteiger partial charge in [0.25, 0.3) is 0 Å². The number of hydrogen-bond donors (Lipinski definition) is 2. The lowest BCUT2D eigenvalue weighted by molar-refractivity contribution is 0.475. The lowest BCUT2D eigenvalue weighted by Gasteiger charge is -2.05. The number of aryl methyl sites for hydroxylation is 2. The van der Waals surface area contributed by atoms with Gasteiger partial charge in [-0.2, -0.15) is 0 Å². The number of phenolic OH excluding ortho intramolecular Hbond substituents is 2. The average molecular weight is 523 g/mol. The first-order chi connectivity index (χ1) is 19.5. The fourth-order valence-corrected chi connectivity index (χ4v) is 5.75. The topological polar surface area (TPSA) is 75.0 Å². The second-order valence-corrected chi connectivity index (χ2v) is 9.94. The molecule has 0 fully saturated rings. The molecule has 40 heavy (non-hydrogen) atoms. The van der Waals surface area contributed by atoms with Gasteiger partial charge >= 0.3 is 0 Å². The van der Waals surface area contributed by atoms with Crippen molar-refractivity contribution in [2.45, 2.75) is 0 Å². The number of nitrogens with zero attached hydrogens (tertiary/aromatic N) is 4. The van der Waals surface area contributed by atoms with Crippen molar-refractivity contribution in [3.05, 3.63) is 108 Å². The van der Waals surface area contributed by atoms with E-state index in [-0.39, 0.29) is 11.5 Å². The first-order valence-electron chi connectivity index (χ1n) is 13.1. The van der Waals surface area contributed by atoms with Crippen LogP contribution in [0.5, 0.6) is 11.5 Å². The van der Waals surface area contributed by atoms with Gasteiger partial charge in [0, 0.05) is 81.3 Å². The minimum atomic E-state index is 0.168. The Morgan fingerprint density at radius 3 is 1.35 bits per heavy atom. The van der Waals surface area contributed by atoms with E-state index in [9.17, 15) is 10.2 Å². The number of hydrogen-bond acceptors (Lipinski definition) is 4. The smallest absolute Gasteiger partial charge is 0.125 e. The van der Waals surface area contributed by atoms with Crippen LogP contribution in [0.2, 0.25) is 0 Å². The van der Waals surface area contributed by atoms with Crippen molar-refractivity contribution in [3.63, 3.8) is 0 Å². The van der Waals surface area contributed by atoms with Gasteiger partial charge in [-0.05, 0) is 48.5 Å². The van der Waals surface area contributed by atoms with Gasteiger partial charge in [0.2, 0.25) is 0 Å². The Morgan fingerprint density at radius 1 is 0.500 bits per heavy atom. The van der Waals surface area contributed by atoms with E-state index in [4.69, 9.17) is 9.98 Å². The molecule has 0 aliphatic heterocycles. The van der Waals surface area contributed by atoms with Gasteiger partial charge in [0.1, 0.15) is 11.5 Å². The lowest BCUT2D eigenvalue weighted by atomic mass is 10.1. The zero-order valence-corrected chi connectivity index (χ0v) is 22.1. The highest BCUT2D eigenvalue weighted by atomic mass is 16.3. The molecule has 194 valence electrons. The maximum atomic E-state index is 10.8. The summed E-state index contributed by atoms with van der Waals surface area (Å²) in [6.45, 7) is 0. The molecule has 0 atom stereocenters. The summed E-state index contributed by atoms with van der Waals surface area (Å²) in [5.41, 5.74) is 6.84. The van der Waals surface area contributed by atoms with E-state index in [1.165, 1.54) is 0 Å². The predicted octanol–water partition coefficient (Wildman–Crippen LogP) is 7.89. The van der Waals surface area contributed by atoms with Gasteiger partial charge in [0.15, 0.2) is 0 Å². The lowest BCUT2D eigenvalue weighted by Crippen LogP contribution is -1.89. The van der Waals surface area contributed by atoms with E-state index in [0.717, 1.165) is 43.6 Å². The van der Waals surface area contributed by atoms with Crippen LogP contribution in [0.3, 0.4) is 0 Å². The van der Waals surface area contributed by atoms with Crippen LogP contribution in [-0.2, 0) is 14.1 Å². The van der Waals surface area contributed by atoms with Crippen LogP contribution in [0.25, 0.3) is 43.6 Å². The third-order valence-corrected chi connectivity index (χ3v) is 7.74. The molecule has 5 aromatic carbocycles. The molecule has 7 aromatic rings. The third kappa shape index (κ3) is 3.57. The summed E-state index contributed by atoms with van der Waals surface area (Å²) in [5.74, 6) is 0.335. The van der Waals surface area contributed by atoms with Crippen LogP contribution in [0.15, 0.2) is 107 Å². The molecule has 0 spiro atoms. The molecule has 0 saturated carbocycles. The summed E-state index contributed by atoms with van der Waals surface area (Å²) in [5, 5.41) is 25.7. The minimum Gasteiger partial charge on any atom is -0.507 e. The number of phenols is 2. The normalized spacial score (nSPS) is 12.2. The van der Waals surface area contributed by atoms with E-state index in [2.05, 4.69) is 33.4 Å². The van der Waals surface area contributed by atoms with Crippen molar-refractivity contribution < 1.29 is 10.2 Å². The van der Waals surface area contributed by atoms with Crippen molar-refractivity contribution >= 4 is 67.4 Å². The monoisotopic (exact) mass is 522 g/mol. The van der Waals surface area contributed by atoms with Crippen LogP contribution >= 0.6 is 0 Å². The number of fused-ring (bicyclic) bond motifs is 6. The van der Waals surface area contributed by atoms with E-state index < -0.39 is 0 Å². The van der Waals surface area contributed by atoms with E-state index >= 15 is 0 Å². The Labute approximate surface area is 230 Å². The Morgan fingerprint density at radius 2 is 0.900 bits per heavy atom. The molecule has 2 aromatic heterocycles. The standard InChI is InChI=1S/C34H26N4O2/c1-37-27-13-7-3-9-21(27)33-23(31(39)17-15-29(33)37)19-35-25-11-5-6-12-26(25)36-20-24-32(40)18-16-30-34(24)22-10-4-8-14-28(22)38(30)2/h3-20,39-40H,1-2H3/b35-19+,36-20+. The summed E-state index contributed by atoms with van der Waals surface area (Å²) in [6.07, 6.45) is 3.42. The molecule has 0 aliphatic rings. The van der Waals surface area contributed by atoms with Crippen molar-refractivity contribution in [2.75, 3.05) is 0 Å². The Bertz CT molecular complexity index is 2010. The van der Waals surface area contributed by atoms with E-state index in [1.54, 1.807) is 24.6 Å². The molecule has 0 aliphatic carbocycles. The number of rotatable bonds is 4. The van der Waals surface area contributed by atoms with Crippen molar-refractivity contribution in [1.29, 1.82) is 0 Å². The number of para-hydroxylation sites is 4. The van der Waals surface area contributed by atoms with Crippen molar-refractivity contribution in [1.82, 2.24) is 9.13 Å². The highest BCUT2D eigenvalue weighted by molar-refractivity contribution is 6.18. The van der Waals surface area contributed by atoms with Gasteiger partial charge in [0.05, 0.1) is 11.4 Å². The van der Waals surface area contributed by atoms with Crippen molar-refractivity contribution in [2.24, 2.45) is 24.1 Å². The SMILES string of the molecule is Cn1c2ccccc2c2c(/C=N/c3ccccc3/N=C/c3c(O)ccc4c3c3ccccc3n4C)c(O)ccc21. The zero-order valence-electron chi connectivity index (χ0n) is 22.1. The van der Waals surface area contributed by atoms with Crippen LogP contribution in [-0.4, -0.2) is 31.8 Å². The first kappa shape index (κ1) is 23.7. The highest BCUT2D eigenvalue weighted by Crippen LogP contribution is 2.37. The van der Waals surface area contributed by atoms with Gasteiger partial charge in [-0.25, -0.2) is 0 Å². The summed E-state index contributed by atoms with van der Waals surface area (Å²) >= 11 is 0. The molecule has 0 bridgehead atoms. The Hall–Kier alpha value is -5.36. The maximum absolute atomic E-state index is 10.8. The second-order valence-electron chi connectivity index (χ2n) is 9.94. The van der Waals surface area contributed by atoms with Crippen LogP contribution in [0.4, 0.5) is 11.4 Å². The van der Waals surface area contributed by atoms with Gasteiger partial charge in [-0.3, -0.25) is 9.98 Å². The Kier molecular flexibility index (Phi) is 5.42. The zero-order chi connectivity index (χ0) is 27.4. The molecule has 0 unspecified atom stereocenters. The summed E-state index contributed by atoms with van der Waals surface area (Å²) < 4.78 is 4.25.